The van der Waals surface area contributed by atoms with Crippen molar-refractivity contribution in [3.63, 3.8) is 0 Å². The molecule has 2 aromatic rings. The molecule has 1 atom stereocenters. The first-order valence-electron chi connectivity index (χ1n) is 7.24. The molecule has 1 amide bonds. The highest BCUT2D eigenvalue weighted by atomic mass is 35.5. The van der Waals surface area contributed by atoms with Crippen LogP contribution < -0.4 is 16.6 Å². The van der Waals surface area contributed by atoms with Crippen molar-refractivity contribution in [2.45, 2.75) is 26.3 Å². The molecular weight excluding hydrogens is 321 g/mol. The van der Waals surface area contributed by atoms with Gasteiger partial charge in [0.15, 0.2) is 0 Å². The summed E-state index contributed by atoms with van der Waals surface area (Å²) in [5, 5.41) is 3.34. The zero-order valence-corrected chi connectivity index (χ0v) is 13.9. The molecule has 0 spiro atoms. The first-order chi connectivity index (χ1) is 10.4. The molecule has 1 unspecified atom stereocenters. The standard InChI is InChI=1S/C16H20FN3O2.ClH/c1-9(2)5-11(8-18)19-16(22)13-7-15(21)20-14-6-10(17)3-4-12(13)14;/h3-4,6-7,9,11H,5,8,18H2,1-2H3,(H,19,22)(H,20,21);1H. The summed E-state index contributed by atoms with van der Waals surface area (Å²) in [4.78, 5) is 26.6. The second-order valence-corrected chi connectivity index (χ2v) is 5.77. The average molecular weight is 342 g/mol. The van der Waals surface area contributed by atoms with E-state index in [9.17, 15) is 14.0 Å². The summed E-state index contributed by atoms with van der Waals surface area (Å²) in [5.41, 5.74) is 5.75. The van der Waals surface area contributed by atoms with Crippen molar-refractivity contribution in [3.05, 3.63) is 46.0 Å². The Hall–Kier alpha value is -1.92. The summed E-state index contributed by atoms with van der Waals surface area (Å²) in [5.74, 6) is -0.460. The number of benzene rings is 1. The van der Waals surface area contributed by atoms with Crippen LogP contribution in [0.2, 0.25) is 0 Å². The van der Waals surface area contributed by atoms with E-state index in [0.29, 0.717) is 23.4 Å². The van der Waals surface area contributed by atoms with Crippen LogP contribution >= 0.6 is 12.4 Å². The summed E-state index contributed by atoms with van der Waals surface area (Å²) in [6, 6.07) is 4.99. The third kappa shape index (κ3) is 4.77. The van der Waals surface area contributed by atoms with Crippen molar-refractivity contribution < 1.29 is 9.18 Å². The summed E-state index contributed by atoms with van der Waals surface area (Å²) in [7, 11) is 0. The largest absolute Gasteiger partial charge is 0.348 e. The third-order valence-corrected chi connectivity index (χ3v) is 3.43. The minimum atomic E-state index is -0.472. The molecule has 5 nitrogen and oxygen atoms in total. The lowest BCUT2D eigenvalue weighted by atomic mass is 10.0. The van der Waals surface area contributed by atoms with Gasteiger partial charge in [0, 0.05) is 24.0 Å². The topological polar surface area (TPSA) is 88.0 Å². The van der Waals surface area contributed by atoms with Crippen LogP contribution in [-0.2, 0) is 0 Å². The number of pyridine rings is 1. The number of rotatable bonds is 5. The van der Waals surface area contributed by atoms with Gasteiger partial charge in [0.25, 0.3) is 5.91 Å². The SMILES string of the molecule is CC(C)CC(CN)NC(=O)c1cc(=O)[nH]c2cc(F)ccc12.Cl. The quantitative estimate of drug-likeness (QED) is 0.779. The summed E-state index contributed by atoms with van der Waals surface area (Å²) >= 11 is 0. The fourth-order valence-electron chi connectivity index (χ4n) is 2.47. The van der Waals surface area contributed by atoms with Gasteiger partial charge in [-0.3, -0.25) is 9.59 Å². The number of aromatic amines is 1. The van der Waals surface area contributed by atoms with Gasteiger partial charge in [-0.2, -0.15) is 0 Å². The Bertz CT molecular complexity index is 746. The van der Waals surface area contributed by atoms with Crippen molar-refractivity contribution in [3.8, 4) is 0 Å². The van der Waals surface area contributed by atoms with Crippen molar-refractivity contribution >= 4 is 29.2 Å². The molecule has 126 valence electrons. The molecule has 23 heavy (non-hydrogen) atoms. The number of halogens is 2. The van der Waals surface area contributed by atoms with Gasteiger partial charge in [0.1, 0.15) is 5.82 Å². The lowest BCUT2D eigenvalue weighted by molar-refractivity contribution is 0.0935. The summed E-state index contributed by atoms with van der Waals surface area (Å²) in [6.07, 6.45) is 0.748. The zero-order chi connectivity index (χ0) is 16.3. The van der Waals surface area contributed by atoms with Crippen LogP contribution in [0.5, 0.6) is 0 Å². The van der Waals surface area contributed by atoms with E-state index in [4.69, 9.17) is 5.73 Å². The van der Waals surface area contributed by atoms with Crippen LogP contribution in [0, 0.1) is 11.7 Å². The number of aromatic nitrogens is 1. The van der Waals surface area contributed by atoms with Crippen LogP contribution in [0.1, 0.15) is 30.6 Å². The normalized spacial score (nSPS) is 12.0. The minimum Gasteiger partial charge on any atom is -0.348 e. The predicted octanol–water partition coefficient (Wildman–Crippen LogP) is 2.19. The van der Waals surface area contributed by atoms with E-state index in [-0.39, 0.29) is 29.9 Å². The average Bonchev–Trinajstić information content (AvgIpc) is 2.44. The van der Waals surface area contributed by atoms with E-state index in [1.54, 1.807) is 0 Å². The maximum Gasteiger partial charge on any atom is 0.252 e. The molecule has 1 aromatic carbocycles. The number of nitrogens with two attached hydrogens (primary N) is 1. The third-order valence-electron chi connectivity index (χ3n) is 3.43. The molecule has 0 radical (unpaired) electrons. The van der Waals surface area contributed by atoms with Crippen LogP contribution in [0.25, 0.3) is 10.9 Å². The number of carbonyl (C=O) groups is 1. The smallest absolute Gasteiger partial charge is 0.252 e. The van der Waals surface area contributed by atoms with Gasteiger partial charge < -0.3 is 16.0 Å². The molecule has 0 fully saturated rings. The lowest BCUT2D eigenvalue weighted by Gasteiger charge is -2.19. The van der Waals surface area contributed by atoms with Crippen LogP contribution in [0.4, 0.5) is 4.39 Å². The molecule has 0 saturated carbocycles. The molecule has 0 bridgehead atoms. The first kappa shape index (κ1) is 19.1. The van der Waals surface area contributed by atoms with Crippen molar-refractivity contribution in [2.75, 3.05) is 6.54 Å². The van der Waals surface area contributed by atoms with E-state index in [1.165, 1.54) is 24.3 Å². The van der Waals surface area contributed by atoms with Crippen LogP contribution in [-0.4, -0.2) is 23.5 Å². The van der Waals surface area contributed by atoms with E-state index in [2.05, 4.69) is 10.3 Å². The van der Waals surface area contributed by atoms with Crippen LogP contribution in [0.3, 0.4) is 0 Å². The van der Waals surface area contributed by atoms with Gasteiger partial charge in [-0.25, -0.2) is 4.39 Å². The Morgan fingerprint density at radius 2 is 2.04 bits per heavy atom. The van der Waals surface area contributed by atoms with Gasteiger partial charge in [-0.05, 0) is 30.5 Å². The summed E-state index contributed by atoms with van der Waals surface area (Å²) in [6.45, 7) is 4.40. The number of hydrogen-bond acceptors (Lipinski definition) is 3. The second-order valence-electron chi connectivity index (χ2n) is 5.77. The lowest BCUT2D eigenvalue weighted by Crippen LogP contribution is -2.41. The molecule has 0 aliphatic heterocycles. The number of hydrogen-bond donors (Lipinski definition) is 3. The minimum absolute atomic E-state index is 0. The Morgan fingerprint density at radius 1 is 1.35 bits per heavy atom. The highest BCUT2D eigenvalue weighted by Crippen LogP contribution is 2.16. The number of carbonyl (C=O) groups excluding carboxylic acids is 1. The number of amides is 1. The number of nitrogens with one attached hydrogen (secondary N) is 2. The molecule has 0 aliphatic carbocycles. The molecule has 4 N–H and O–H groups in total. The molecule has 1 aromatic heterocycles. The summed E-state index contributed by atoms with van der Waals surface area (Å²) < 4.78 is 13.3. The van der Waals surface area contributed by atoms with Gasteiger partial charge >= 0.3 is 0 Å². The number of H-pyrrole nitrogens is 1. The van der Waals surface area contributed by atoms with E-state index < -0.39 is 11.4 Å². The Balaban J connectivity index is 0.00000264. The predicted molar refractivity (Wildman–Crippen MR) is 91.5 cm³/mol. The molecular formula is C16H21ClFN3O2. The van der Waals surface area contributed by atoms with E-state index >= 15 is 0 Å². The Morgan fingerprint density at radius 3 is 2.65 bits per heavy atom. The molecule has 1 heterocycles. The molecule has 7 heteroatoms. The second kappa shape index (κ2) is 8.08. The molecule has 0 aliphatic rings. The zero-order valence-electron chi connectivity index (χ0n) is 13.1. The van der Waals surface area contributed by atoms with Crippen molar-refractivity contribution in [1.29, 1.82) is 0 Å². The van der Waals surface area contributed by atoms with Gasteiger partial charge in [0.2, 0.25) is 5.56 Å². The molecule has 0 saturated heterocycles. The highest BCUT2D eigenvalue weighted by Gasteiger charge is 2.17. The van der Waals surface area contributed by atoms with Crippen molar-refractivity contribution in [1.82, 2.24) is 10.3 Å². The van der Waals surface area contributed by atoms with Crippen molar-refractivity contribution in [2.24, 2.45) is 11.7 Å². The van der Waals surface area contributed by atoms with Crippen LogP contribution in [0.15, 0.2) is 29.1 Å². The van der Waals surface area contributed by atoms with E-state index in [1.807, 2.05) is 13.8 Å². The molecule has 2 rings (SSSR count). The highest BCUT2D eigenvalue weighted by molar-refractivity contribution is 6.06. The fourth-order valence-corrected chi connectivity index (χ4v) is 2.47. The van der Waals surface area contributed by atoms with E-state index in [0.717, 1.165) is 6.42 Å². The Labute approximate surface area is 139 Å². The van der Waals surface area contributed by atoms with Gasteiger partial charge in [-0.1, -0.05) is 13.8 Å². The first-order valence-corrected chi connectivity index (χ1v) is 7.24. The fraction of sp³-hybridized carbons (Fsp3) is 0.375. The van der Waals surface area contributed by atoms with Gasteiger partial charge in [-0.15, -0.1) is 12.4 Å². The maximum absolute atomic E-state index is 13.3. The Kier molecular flexibility index (Phi) is 6.72. The monoisotopic (exact) mass is 341 g/mol. The van der Waals surface area contributed by atoms with Gasteiger partial charge in [0.05, 0.1) is 11.1 Å². The maximum atomic E-state index is 13.3. The number of fused-ring (bicyclic) bond motifs is 1.